The summed E-state index contributed by atoms with van der Waals surface area (Å²) in [6.45, 7) is 5.10. The Morgan fingerprint density at radius 2 is 1.74 bits per heavy atom. The fourth-order valence-electron chi connectivity index (χ4n) is 5.42. The van der Waals surface area contributed by atoms with Crippen molar-refractivity contribution >= 4 is 27.6 Å². The number of nitrogens with zero attached hydrogens (tertiary/aromatic N) is 1. The maximum atomic E-state index is 13.5. The van der Waals surface area contributed by atoms with Crippen LogP contribution in [0.15, 0.2) is 35.3 Å². The second kappa shape index (κ2) is 8.44. The summed E-state index contributed by atoms with van der Waals surface area (Å²) in [6, 6.07) is 1.32. The molecule has 0 N–H and O–H groups in total. The van der Waals surface area contributed by atoms with Gasteiger partial charge in [-0.1, -0.05) is 6.58 Å². The molecule has 4 rings (SSSR count). The summed E-state index contributed by atoms with van der Waals surface area (Å²) in [5.41, 5.74) is -1.25. The molecule has 2 aliphatic carbocycles. The predicted octanol–water partition coefficient (Wildman–Crippen LogP) is 4.04. The standard InChI is InChI=1S/C23H24F3NO6S/c1-12(21(28)27(3)16-7-17(24)19(26)18(25)8-16)6-13(2)34(30,31)20-14-4-5-15(20)10-23(9-14)11-32-22(29)33-23/h6-8,14-15,20H,1,4-5,9-11H2,2-3H3/b13-6+. The number of carbonyl (C=O) groups is 2. The van der Waals surface area contributed by atoms with Crippen LogP contribution in [0.5, 0.6) is 0 Å². The number of allylic oxidation sites excluding steroid dienone is 1. The first kappa shape index (κ1) is 24.3. The Labute approximate surface area is 195 Å². The highest BCUT2D eigenvalue weighted by molar-refractivity contribution is 7.95. The Morgan fingerprint density at radius 3 is 2.24 bits per heavy atom. The summed E-state index contributed by atoms with van der Waals surface area (Å²) >= 11 is 0. The molecule has 3 aliphatic rings. The highest BCUT2D eigenvalue weighted by Crippen LogP contribution is 2.53. The van der Waals surface area contributed by atoms with Crippen LogP contribution in [0, 0.1) is 29.3 Å². The van der Waals surface area contributed by atoms with Gasteiger partial charge in [0, 0.05) is 35.3 Å². The van der Waals surface area contributed by atoms with Gasteiger partial charge >= 0.3 is 6.16 Å². The minimum atomic E-state index is -3.82. The Kier molecular flexibility index (Phi) is 6.03. The quantitative estimate of drug-likeness (QED) is 0.263. The van der Waals surface area contributed by atoms with Crippen molar-refractivity contribution in [3.05, 3.63) is 52.7 Å². The summed E-state index contributed by atoms with van der Waals surface area (Å²) in [4.78, 5) is 25.0. The highest BCUT2D eigenvalue weighted by Gasteiger charge is 2.58. The van der Waals surface area contributed by atoms with E-state index < -0.39 is 50.2 Å². The van der Waals surface area contributed by atoms with Crippen LogP contribution in [0.2, 0.25) is 0 Å². The minimum Gasteiger partial charge on any atom is -0.430 e. The van der Waals surface area contributed by atoms with Gasteiger partial charge in [-0.3, -0.25) is 4.79 Å². The maximum Gasteiger partial charge on any atom is 0.509 e. The Hall–Kier alpha value is -2.82. The largest absolute Gasteiger partial charge is 0.509 e. The second-order valence-corrected chi connectivity index (χ2v) is 11.5. The van der Waals surface area contributed by atoms with Crippen molar-refractivity contribution in [1.29, 1.82) is 0 Å². The molecule has 0 radical (unpaired) electrons. The lowest BCUT2D eigenvalue weighted by molar-refractivity contribution is -0.114. The molecule has 1 amide bonds. The fourth-order valence-corrected chi connectivity index (χ4v) is 7.64. The Morgan fingerprint density at radius 1 is 1.18 bits per heavy atom. The van der Waals surface area contributed by atoms with Gasteiger partial charge in [-0.05, 0) is 50.5 Å². The first-order valence-corrected chi connectivity index (χ1v) is 12.3. The third kappa shape index (κ3) is 4.10. The van der Waals surface area contributed by atoms with Gasteiger partial charge in [0.05, 0.1) is 5.25 Å². The van der Waals surface area contributed by atoms with Gasteiger partial charge < -0.3 is 14.4 Å². The highest BCUT2D eigenvalue weighted by atomic mass is 32.2. The smallest absolute Gasteiger partial charge is 0.430 e. The van der Waals surface area contributed by atoms with E-state index >= 15 is 0 Å². The van der Waals surface area contributed by atoms with Crippen LogP contribution in [0.4, 0.5) is 23.7 Å². The second-order valence-electron chi connectivity index (χ2n) is 9.21. The lowest BCUT2D eigenvalue weighted by atomic mass is 9.77. The molecule has 2 unspecified atom stereocenters. The normalized spacial score (nSPS) is 28.6. The van der Waals surface area contributed by atoms with Gasteiger partial charge in [-0.25, -0.2) is 26.4 Å². The van der Waals surface area contributed by atoms with Crippen LogP contribution in [-0.2, 0) is 24.1 Å². The van der Waals surface area contributed by atoms with Crippen molar-refractivity contribution in [2.45, 2.75) is 43.5 Å². The van der Waals surface area contributed by atoms with Crippen molar-refractivity contribution in [3.63, 3.8) is 0 Å². The summed E-state index contributed by atoms with van der Waals surface area (Å²) < 4.78 is 77.5. The van der Waals surface area contributed by atoms with Crippen LogP contribution in [-0.4, -0.2) is 45.0 Å². The molecule has 2 atom stereocenters. The van der Waals surface area contributed by atoms with E-state index in [4.69, 9.17) is 9.47 Å². The molecule has 1 heterocycles. The number of halogens is 3. The van der Waals surface area contributed by atoms with Crippen LogP contribution >= 0.6 is 0 Å². The molecule has 34 heavy (non-hydrogen) atoms. The number of sulfone groups is 1. The van der Waals surface area contributed by atoms with Crippen LogP contribution < -0.4 is 4.90 Å². The molecule has 2 saturated carbocycles. The molecule has 1 aliphatic heterocycles. The number of likely N-dealkylation sites (N-methyl/N-ethyl adjacent to an activating group) is 1. The molecule has 1 aromatic carbocycles. The molecule has 184 valence electrons. The van der Waals surface area contributed by atoms with Crippen LogP contribution in [0.1, 0.15) is 32.6 Å². The molecule has 1 spiro atoms. The maximum absolute atomic E-state index is 13.5. The number of fused-ring (bicyclic) bond motifs is 2. The van der Waals surface area contributed by atoms with E-state index in [1.165, 1.54) is 14.0 Å². The van der Waals surface area contributed by atoms with Gasteiger partial charge in [-0.2, -0.15) is 0 Å². The molecular weight excluding hydrogens is 475 g/mol. The van der Waals surface area contributed by atoms with Gasteiger partial charge in [0.1, 0.15) is 6.61 Å². The van der Waals surface area contributed by atoms with Gasteiger partial charge in [0.2, 0.25) is 0 Å². The van der Waals surface area contributed by atoms with Gasteiger partial charge in [-0.15, -0.1) is 0 Å². The summed E-state index contributed by atoms with van der Waals surface area (Å²) in [6.07, 6.45) is 2.51. The van der Waals surface area contributed by atoms with Crippen LogP contribution in [0.3, 0.4) is 0 Å². The lowest BCUT2D eigenvalue weighted by Gasteiger charge is -2.39. The Balaban J connectivity index is 1.52. The van der Waals surface area contributed by atoms with E-state index in [-0.39, 0.29) is 34.6 Å². The molecule has 11 heteroatoms. The molecule has 1 saturated heterocycles. The number of ether oxygens (including phenoxy) is 2. The molecule has 3 fully saturated rings. The summed E-state index contributed by atoms with van der Waals surface area (Å²) in [5, 5.41) is -0.686. The van der Waals surface area contributed by atoms with E-state index in [1.54, 1.807) is 0 Å². The predicted molar refractivity (Wildman–Crippen MR) is 116 cm³/mol. The molecular formula is C23H24F3NO6S. The number of anilines is 1. The molecule has 7 nitrogen and oxygen atoms in total. The van der Waals surface area contributed by atoms with Gasteiger partial charge in [0.25, 0.3) is 5.91 Å². The van der Waals surface area contributed by atoms with Crippen molar-refractivity contribution < 1.29 is 40.7 Å². The monoisotopic (exact) mass is 499 g/mol. The summed E-state index contributed by atoms with van der Waals surface area (Å²) in [5.74, 6) is -5.83. The van der Waals surface area contributed by atoms with Crippen molar-refractivity contribution in [1.82, 2.24) is 0 Å². The average molecular weight is 500 g/mol. The Bertz CT molecular complexity index is 1170. The minimum absolute atomic E-state index is 0.0618. The SMILES string of the molecule is C=C(/C=C(\C)S(=O)(=O)C1C2CCC1CC1(COC(=O)O1)C2)C(=O)N(C)c1cc(F)c(F)c(F)c1. The zero-order valence-electron chi connectivity index (χ0n) is 18.6. The molecule has 0 aromatic heterocycles. The number of hydrogen-bond acceptors (Lipinski definition) is 6. The van der Waals surface area contributed by atoms with E-state index in [0.29, 0.717) is 37.8 Å². The van der Waals surface area contributed by atoms with E-state index in [0.717, 1.165) is 11.0 Å². The van der Waals surface area contributed by atoms with Crippen LogP contribution in [0.25, 0.3) is 0 Å². The molecule has 1 aromatic rings. The number of cyclic esters (lactones) is 1. The topological polar surface area (TPSA) is 90.0 Å². The number of carbonyl (C=O) groups excluding carboxylic acids is 2. The first-order valence-electron chi connectivity index (χ1n) is 10.7. The van der Waals surface area contributed by atoms with E-state index in [2.05, 4.69) is 6.58 Å². The van der Waals surface area contributed by atoms with Crippen molar-refractivity contribution in [3.8, 4) is 0 Å². The average Bonchev–Trinajstić information content (AvgIpc) is 3.27. The lowest BCUT2D eigenvalue weighted by Crippen LogP contribution is -2.47. The summed E-state index contributed by atoms with van der Waals surface area (Å²) in [7, 11) is -2.61. The number of benzene rings is 1. The zero-order chi connectivity index (χ0) is 25.0. The number of rotatable bonds is 5. The van der Waals surface area contributed by atoms with Gasteiger partial charge in [0.15, 0.2) is 32.9 Å². The van der Waals surface area contributed by atoms with Crippen molar-refractivity contribution in [2.75, 3.05) is 18.6 Å². The van der Waals surface area contributed by atoms with E-state index in [9.17, 15) is 31.2 Å². The first-order chi connectivity index (χ1) is 15.8. The molecule has 2 bridgehead atoms. The van der Waals surface area contributed by atoms with Crippen molar-refractivity contribution in [2.24, 2.45) is 11.8 Å². The van der Waals surface area contributed by atoms with E-state index in [1.807, 2.05) is 0 Å². The third-order valence-electron chi connectivity index (χ3n) is 6.98. The number of hydrogen-bond donors (Lipinski definition) is 0. The zero-order valence-corrected chi connectivity index (χ0v) is 19.5. The fraction of sp³-hybridized carbons (Fsp3) is 0.478. The number of amides is 1. The third-order valence-corrected chi connectivity index (χ3v) is 9.48.